The number of nitrogens with zero attached hydrogens (tertiary/aromatic N) is 1. The summed E-state index contributed by atoms with van der Waals surface area (Å²) in [4.78, 5) is 28.7. The summed E-state index contributed by atoms with van der Waals surface area (Å²) in [6.07, 6.45) is 0.375. The summed E-state index contributed by atoms with van der Waals surface area (Å²) in [5, 5.41) is 3.82. The third-order valence-corrected chi connectivity index (χ3v) is 7.43. The van der Waals surface area contributed by atoms with Crippen LogP contribution in [-0.2, 0) is 28.3 Å². The lowest BCUT2D eigenvalue weighted by atomic mass is 10.0. The average Bonchev–Trinajstić information content (AvgIpc) is 2.88. The quantitative estimate of drug-likeness (QED) is 0.265. The van der Waals surface area contributed by atoms with Gasteiger partial charge in [-0.2, -0.15) is 0 Å². The van der Waals surface area contributed by atoms with Crippen LogP contribution in [0.2, 0.25) is 10.0 Å². The SMILES string of the molecule is CC(C)CNC(=O)C(Cc1ccccc1)N(Cc1ccc(Cl)c(Cl)c1)C(=O)CSCc1ccc(F)cc1. The van der Waals surface area contributed by atoms with Gasteiger partial charge in [0, 0.05) is 25.3 Å². The largest absolute Gasteiger partial charge is 0.354 e. The molecule has 0 radical (unpaired) electrons. The van der Waals surface area contributed by atoms with Crippen LogP contribution in [0.3, 0.4) is 0 Å². The number of nitrogens with one attached hydrogen (secondary N) is 1. The van der Waals surface area contributed by atoms with Gasteiger partial charge in [0.15, 0.2) is 0 Å². The third kappa shape index (κ3) is 9.37. The van der Waals surface area contributed by atoms with Crippen LogP contribution >= 0.6 is 35.0 Å². The van der Waals surface area contributed by atoms with Crippen LogP contribution in [0.25, 0.3) is 0 Å². The Kier molecular flexibility index (Phi) is 11.3. The van der Waals surface area contributed by atoms with Crippen molar-refractivity contribution >= 4 is 46.8 Å². The standard InChI is InChI=1S/C29H31Cl2FN2O2S/c1-20(2)16-33-29(36)27(15-21-6-4-3-5-7-21)34(17-23-10-13-25(30)26(31)14-23)28(35)19-37-18-22-8-11-24(32)12-9-22/h3-14,20,27H,15-19H2,1-2H3,(H,33,36). The van der Waals surface area contributed by atoms with Gasteiger partial charge in [0.05, 0.1) is 15.8 Å². The van der Waals surface area contributed by atoms with E-state index in [0.29, 0.717) is 28.8 Å². The van der Waals surface area contributed by atoms with Gasteiger partial charge < -0.3 is 10.2 Å². The fourth-order valence-electron chi connectivity index (χ4n) is 3.73. The van der Waals surface area contributed by atoms with Crippen molar-refractivity contribution < 1.29 is 14.0 Å². The van der Waals surface area contributed by atoms with Crippen molar-refractivity contribution in [2.45, 2.75) is 38.6 Å². The number of hydrogen-bond donors (Lipinski definition) is 1. The Morgan fingerprint density at radius 3 is 2.24 bits per heavy atom. The zero-order valence-corrected chi connectivity index (χ0v) is 23.3. The molecule has 3 rings (SSSR count). The van der Waals surface area contributed by atoms with E-state index in [0.717, 1.165) is 16.7 Å². The predicted molar refractivity (Wildman–Crippen MR) is 151 cm³/mol. The van der Waals surface area contributed by atoms with E-state index in [4.69, 9.17) is 23.2 Å². The zero-order chi connectivity index (χ0) is 26.8. The molecule has 0 aliphatic rings. The highest BCUT2D eigenvalue weighted by Gasteiger charge is 2.30. The summed E-state index contributed by atoms with van der Waals surface area (Å²) in [6, 6.07) is 20.4. The smallest absolute Gasteiger partial charge is 0.243 e. The molecule has 0 heterocycles. The maximum absolute atomic E-state index is 13.6. The zero-order valence-electron chi connectivity index (χ0n) is 20.9. The number of thioether (sulfide) groups is 1. The molecule has 0 bridgehead atoms. The first-order chi connectivity index (χ1) is 17.7. The molecular weight excluding hydrogens is 530 g/mol. The van der Waals surface area contributed by atoms with Gasteiger partial charge in [0.2, 0.25) is 11.8 Å². The van der Waals surface area contributed by atoms with Gasteiger partial charge in [-0.1, -0.05) is 85.6 Å². The van der Waals surface area contributed by atoms with Crippen molar-refractivity contribution in [1.29, 1.82) is 0 Å². The molecule has 37 heavy (non-hydrogen) atoms. The molecule has 2 amide bonds. The molecule has 0 saturated carbocycles. The normalized spacial score (nSPS) is 11.8. The van der Waals surface area contributed by atoms with Crippen LogP contribution < -0.4 is 5.32 Å². The van der Waals surface area contributed by atoms with Crippen molar-refractivity contribution in [2.75, 3.05) is 12.3 Å². The number of carbonyl (C=O) groups excluding carboxylic acids is 2. The van der Waals surface area contributed by atoms with Gasteiger partial charge in [0.1, 0.15) is 11.9 Å². The summed E-state index contributed by atoms with van der Waals surface area (Å²) < 4.78 is 13.2. The summed E-state index contributed by atoms with van der Waals surface area (Å²) >= 11 is 13.8. The van der Waals surface area contributed by atoms with Crippen LogP contribution in [0.1, 0.15) is 30.5 Å². The van der Waals surface area contributed by atoms with Crippen LogP contribution in [0.4, 0.5) is 4.39 Å². The van der Waals surface area contributed by atoms with E-state index in [2.05, 4.69) is 5.32 Å². The summed E-state index contributed by atoms with van der Waals surface area (Å²) in [6.45, 7) is 4.77. The molecule has 0 saturated heterocycles. The van der Waals surface area contributed by atoms with Gasteiger partial charge in [0.25, 0.3) is 0 Å². The fraction of sp³-hybridized carbons (Fsp3) is 0.310. The lowest BCUT2D eigenvalue weighted by Crippen LogP contribution is -2.51. The molecular formula is C29H31Cl2FN2O2S. The first-order valence-electron chi connectivity index (χ1n) is 12.1. The van der Waals surface area contributed by atoms with Crippen molar-refractivity contribution in [3.05, 3.63) is 105 Å². The maximum atomic E-state index is 13.6. The molecule has 3 aromatic carbocycles. The van der Waals surface area contributed by atoms with Crippen LogP contribution in [-0.4, -0.2) is 35.1 Å². The number of rotatable bonds is 12. The first kappa shape index (κ1) is 29.0. The van der Waals surface area contributed by atoms with Gasteiger partial charge in [-0.3, -0.25) is 9.59 Å². The highest BCUT2D eigenvalue weighted by molar-refractivity contribution is 7.99. The fourth-order valence-corrected chi connectivity index (χ4v) is 4.92. The highest BCUT2D eigenvalue weighted by Crippen LogP contribution is 2.25. The number of carbonyl (C=O) groups is 2. The number of halogens is 3. The van der Waals surface area contributed by atoms with E-state index in [1.165, 1.54) is 23.9 Å². The average molecular weight is 562 g/mol. The first-order valence-corrected chi connectivity index (χ1v) is 14.0. The molecule has 196 valence electrons. The Labute approximate surface area is 232 Å². The monoisotopic (exact) mass is 560 g/mol. The Bertz CT molecular complexity index is 1180. The van der Waals surface area contributed by atoms with E-state index < -0.39 is 6.04 Å². The van der Waals surface area contributed by atoms with Gasteiger partial charge in [-0.25, -0.2) is 4.39 Å². The minimum Gasteiger partial charge on any atom is -0.354 e. The molecule has 1 atom stereocenters. The second-order valence-electron chi connectivity index (χ2n) is 9.23. The van der Waals surface area contributed by atoms with Gasteiger partial charge in [-0.05, 0) is 46.9 Å². The predicted octanol–water partition coefficient (Wildman–Crippen LogP) is 6.78. The Hall–Kier alpha value is -2.54. The van der Waals surface area contributed by atoms with Crippen LogP contribution in [0.15, 0.2) is 72.8 Å². The molecule has 1 unspecified atom stereocenters. The number of amides is 2. The van der Waals surface area contributed by atoms with Crippen LogP contribution in [0, 0.1) is 11.7 Å². The van der Waals surface area contributed by atoms with Crippen molar-refractivity contribution in [1.82, 2.24) is 10.2 Å². The summed E-state index contributed by atoms with van der Waals surface area (Å²) in [7, 11) is 0. The Balaban J connectivity index is 1.86. The van der Waals surface area contributed by atoms with E-state index in [9.17, 15) is 14.0 Å². The number of benzene rings is 3. The minimum atomic E-state index is -0.713. The Morgan fingerprint density at radius 2 is 1.59 bits per heavy atom. The second-order valence-corrected chi connectivity index (χ2v) is 11.0. The van der Waals surface area contributed by atoms with Gasteiger partial charge >= 0.3 is 0 Å². The Morgan fingerprint density at radius 1 is 0.919 bits per heavy atom. The molecule has 0 aliphatic heterocycles. The van der Waals surface area contributed by atoms with Crippen molar-refractivity contribution in [2.24, 2.45) is 5.92 Å². The summed E-state index contributed by atoms with van der Waals surface area (Å²) in [5.74, 6) is 0.325. The maximum Gasteiger partial charge on any atom is 0.243 e. The van der Waals surface area contributed by atoms with E-state index in [-0.39, 0.29) is 35.8 Å². The molecule has 8 heteroatoms. The van der Waals surface area contributed by atoms with E-state index >= 15 is 0 Å². The molecule has 0 aliphatic carbocycles. The molecule has 1 N–H and O–H groups in total. The van der Waals surface area contributed by atoms with E-state index in [1.807, 2.05) is 50.2 Å². The van der Waals surface area contributed by atoms with Crippen molar-refractivity contribution in [3.8, 4) is 0 Å². The lowest BCUT2D eigenvalue weighted by molar-refractivity contribution is -0.139. The number of hydrogen-bond acceptors (Lipinski definition) is 3. The lowest BCUT2D eigenvalue weighted by Gasteiger charge is -2.32. The van der Waals surface area contributed by atoms with Crippen LogP contribution in [0.5, 0.6) is 0 Å². The summed E-state index contributed by atoms with van der Waals surface area (Å²) in [5.41, 5.74) is 2.66. The van der Waals surface area contributed by atoms with Gasteiger partial charge in [-0.15, -0.1) is 11.8 Å². The second kappa shape index (κ2) is 14.4. The topological polar surface area (TPSA) is 49.4 Å². The molecule has 0 spiro atoms. The molecule has 4 nitrogen and oxygen atoms in total. The van der Waals surface area contributed by atoms with Crippen molar-refractivity contribution in [3.63, 3.8) is 0 Å². The molecule has 0 aromatic heterocycles. The van der Waals surface area contributed by atoms with E-state index in [1.54, 1.807) is 29.2 Å². The molecule has 3 aromatic rings. The third-order valence-electron chi connectivity index (χ3n) is 5.70. The highest BCUT2D eigenvalue weighted by atomic mass is 35.5. The molecule has 0 fully saturated rings. The minimum absolute atomic E-state index is 0.168.